The van der Waals surface area contributed by atoms with Gasteiger partial charge < -0.3 is 13.3 Å². The first-order valence-electron chi connectivity index (χ1n) is 11.7. The third kappa shape index (κ3) is 7.24. The zero-order valence-electron chi connectivity index (χ0n) is 18.9. The van der Waals surface area contributed by atoms with Crippen molar-refractivity contribution in [1.29, 1.82) is 0 Å². The summed E-state index contributed by atoms with van der Waals surface area (Å²) in [6.07, 6.45) is 13.5. The maximum Gasteiger partial charge on any atom is 0.519 e. The van der Waals surface area contributed by atoms with Crippen LogP contribution in [0, 0.1) is 11.8 Å². The van der Waals surface area contributed by atoms with E-state index in [2.05, 4.69) is 27.7 Å². The molecule has 0 aromatic rings. The first kappa shape index (κ1) is 26.7. The predicted octanol–water partition coefficient (Wildman–Crippen LogP) is 8.17. The topological polar surface area (TPSA) is 27.7 Å². The van der Waals surface area contributed by atoms with Crippen molar-refractivity contribution in [2.75, 3.05) is 25.6 Å². The summed E-state index contributed by atoms with van der Waals surface area (Å²) in [5.41, 5.74) is 0. The average molecular weight is 499 g/mol. The van der Waals surface area contributed by atoms with E-state index in [4.69, 9.17) is 13.3 Å². The molecule has 2 rings (SSSR count). The SMILES string of the molecule is CCCCCCCCSSSSC1([Si](OCC)(OCC)OCC)CC2CCC1C2. The quantitative estimate of drug-likeness (QED) is 0.107. The lowest BCUT2D eigenvalue weighted by Gasteiger charge is -2.46. The van der Waals surface area contributed by atoms with Crippen molar-refractivity contribution in [2.24, 2.45) is 11.8 Å². The number of hydrogen-bond donors (Lipinski definition) is 0. The van der Waals surface area contributed by atoms with Gasteiger partial charge >= 0.3 is 8.80 Å². The fourth-order valence-corrected chi connectivity index (χ4v) is 18.2. The summed E-state index contributed by atoms with van der Waals surface area (Å²) in [5.74, 6) is 2.78. The molecule has 3 atom stereocenters. The second-order valence-electron chi connectivity index (χ2n) is 8.13. The van der Waals surface area contributed by atoms with E-state index in [0.29, 0.717) is 25.7 Å². The molecule has 3 nitrogen and oxygen atoms in total. The van der Waals surface area contributed by atoms with E-state index in [9.17, 15) is 0 Å². The van der Waals surface area contributed by atoms with Crippen LogP contribution in [0.15, 0.2) is 0 Å². The highest BCUT2D eigenvalue weighted by atomic mass is 33.7. The van der Waals surface area contributed by atoms with Gasteiger partial charge in [0.15, 0.2) is 0 Å². The van der Waals surface area contributed by atoms with Gasteiger partial charge in [-0.1, -0.05) is 67.0 Å². The molecule has 0 aliphatic heterocycles. The maximum atomic E-state index is 6.44. The molecule has 2 aliphatic carbocycles. The van der Waals surface area contributed by atoms with Gasteiger partial charge in [0.05, 0.1) is 0 Å². The Labute approximate surface area is 196 Å². The second-order valence-corrected chi connectivity index (χ2v) is 17.7. The zero-order chi connectivity index (χ0) is 21.0. The molecule has 0 aromatic heterocycles. The van der Waals surface area contributed by atoms with Crippen LogP contribution < -0.4 is 0 Å². The summed E-state index contributed by atoms with van der Waals surface area (Å²) in [5, 5.41) is 0. The normalized spacial score (nSPS) is 26.5. The average Bonchev–Trinajstić information content (AvgIpc) is 3.32. The summed E-state index contributed by atoms with van der Waals surface area (Å²) >= 11 is 0. The van der Waals surface area contributed by atoms with Gasteiger partial charge in [0, 0.05) is 25.6 Å². The summed E-state index contributed by atoms with van der Waals surface area (Å²) in [7, 11) is 5.24. The van der Waals surface area contributed by atoms with Crippen LogP contribution in [0.5, 0.6) is 0 Å². The lowest BCUT2D eigenvalue weighted by Crippen LogP contribution is -2.65. The van der Waals surface area contributed by atoms with Gasteiger partial charge in [-0.3, -0.25) is 0 Å². The van der Waals surface area contributed by atoms with Gasteiger partial charge in [-0.05, 0) is 77.9 Å². The van der Waals surface area contributed by atoms with Crippen LogP contribution in [0.2, 0.25) is 0 Å². The molecule has 0 saturated heterocycles. The molecular weight excluding hydrogens is 457 g/mol. The molecule has 0 radical (unpaired) electrons. The van der Waals surface area contributed by atoms with Crippen molar-refractivity contribution in [3.63, 3.8) is 0 Å². The molecule has 29 heavy (non-hydrogen) atoms. The lowest BCUT2D eigenvalue weighted by molar-refractivity contribution is 0.0501. The minimum atomic E-state index is -2.74. The van der Waals surface area contributed by atoms with Gasteiger partial charge in [-0.2, -0.15) is 0 Å². The molecule has 3 unspecified atom stereocenters. The fraction of sp³-hybridized carbons (Fsp3) is 1.00. The van der Waals surface area contributed by atoms with Gasteiger partial charge in [0.1, 0.15) is 4.37 Å². The van der Waals surface area contributed by atoms with E-state index < -0.39 is 8.80 Å². The van der Waals surface area contributed by atoms with E-state index >= 15 is 0 Å². The van der Waals surface area contributed by atoms with Crippen molar-refractivity contribution in [3.8, 4) is 0 Å². The van der Waals surface area contributed by atoms with E-state index in [1.54, 1.807) is 0 Å². The Morgan fingerprint density at radius 3 is 2.03 bits per heavy atom. The van der Waals surface area contributed by atoms with Crippen LogP contribution in [0.3, 0.4) is 0 Å². The summed E-state index contributed by atoms with van der Waals surface area (Å²) in [4.78, 5) is 0. The van der Waals surface area contributed by atoms with Crippen LogP contribution in [0.25, 0.3) is 0 Å². The lowest BCUT2D eigenvalue weighted by atomic mass is 9.99. The number of fused-ring (bicyclic) bond motifs is 2. The van der Waals surface area contributed by atoms with Gasteiger partial charge in [0.2, 0.25) is 0 Å². The Kier molecular flexibility index (Phi) is 13.5. The molecule has 0 amide bonds. The summed E-state index contributed by atoms with van der Waals surface area (Å²) < 4.78 is 19.3. The highest BCUT2D eigenvalue weighted by Crippen LogP contribution is 2.65. The standard InChI is InChI=1S/C21H42O3S4Si/c1-5-9-10-11-12-13-16-25-27-28-26-21(18-19-14-15-20(21)17-19)29(22-6-2,23-7-3)24-8-4/h19-20H,5-18H2,1-4H3. The van der Waals surface area contributed by atoms with E-state index in [1.165, 1.54) is 70.0 Å². The third-order valence-electron chi connectivity index (χ3n) is 6.15. The van der Waals surface area contributed by atoms with Crippen molar-refractivity contribution in [1.82, 2.24) is 0 Å². The minimum Gasteiger partial charge on any atom is -0.373 e. The maximum absolute atomic E-state index is 6.44. The Bertz CT molecular complexity index is 429. The third-order valence-corrected chi connectivity index (χ3v) is 18.3. The number of hydrogen-bond acceptors (Lipinski definition) is 7. The predicted molar refractivity (Wildman–Crippen MR) is 137 cm³/mol. The highest BCUT2D eigenvalue weighted by molar-refractivity contribution is 9.26. The first-order chi connectivity index (χ1) is 14.2. The molecule has 2 bridgehead atoms. The largest absolute Gasteiger partial charge is 0.519 e. The molecule has 2 aliphatic rings. The monoisotopic (exact) mass is 498 g/mol. The van der Waals surface area contributed by atoms with Crippen LogP contribution in [-0.4, -0.2) is 38.7 Å². The summed E-state index contributed by atoms with van der Waals surface area (Å²) in [6.45, 7) is 10.6. The molecule has 172 valence electrons. The molecule has 0 spiro atoms. The minimum absolute atomic E-state index is 0.0380. The Balaban J connectivity index is 1.88. The molecule has 8 heteroatoms. The molecule has 2 fully saturated rings. The van der Waals surface area contributed by atoms with Crippen molar-refractivity contribution < 1.29 is 13.3 Å². The Morgan fingerprint density at radius 2 is 1.48 bits per heavy atom. The van der Waals surface area contributed by atoms with E-state index in [-0.39, 0.29) is 4.37 Å². The second kappa shape index (κ2) is 14.6. The zero-order valence-corrected chi connectivity index (χ0v) is 23.2. The van der Waals surface area contributed by atoms with Gasteiger partial charge in [0.25, 0.3) is 0 Å². The van der Waals surface area contributed by atoms with Crippen LogP contribution in [-0.2, 0) is 13.3 Å². The molecule has 2 saturated carbocycles. The van der Waals surface area contributed by atoms with E-state index in [0.717, 1.165) is 5.92 Å². The van der Waals surface area contributed by atoms with Crippen molar-refractivity contribution in [2.45, 2.75) is 96.3 Å². The highest BCUT2D eigenvalue weighted by Gasteiger charge is 2.70. The molecule has 0 N–H and O–H groups in total. The Hall–Kier alpha value is 1.50. The fourth-order valence-electron chi connectivity index (χ4n) is 4.94. The molecule has 0 heterocycles. The number of unbranched alkanes of at least 4 members (excludes halogenated alkanes) is 5. The summed E-state index contributed by atoms with van der Waals surface area (Å²) in [6, 6.07) is 0. The van der Waals surface area contributed by atoms with E-state index in [1.807, 2.05) is 41.2 Å². The number of rotatable bonds is 18. The Morgan fingerprint density at radius 1 is 0.828 bits per heavy atom. The van der Waals surface area contributed by atoms with Crippen LogP contribution >= 0.6 is 41.2 Å². The van der Waals surface area contributed by atoms with Gasteiger partial charge in [-0.15, -0.1) is 0 Å². The van der Waals surface area contributed by atoms with Crippen molar-refractivity contribution in [3.05, 3.63) is 0 Å². The van der Waals surface area contributed by atoms with Crippen LogP contribution in [0.1, 0.15) is 91.9 Å². The van der Waals surface area contributed by atoms with Gasteiger partial charge in [-0.25, -0.2) is 0 Å². The first-order valence-corrected chi connectivity index (χ1v) is 18.4. The smallest absolute Gasteiger partial charge is 0.373 e. The molecular formula is C21H42O3S4Si. The van der Waals surface area contributed by atoms with Crippen LogP contribution in [0.4, 0.5) is 0 Å². The molecule has 0 aromatic carbocycles. The van der Waals surface area contributed by atoms with Crippen molar-refractivity contribution >= 4 is 50.0 Å².